The van der Waals surface area contributed by atoms with Crippen molar-refractivity contribution in [3.05, 3.63) is 35.1 Å². The lowest BCUT2D eigenvalue weighted by molar-refractivity contribution is 0.195. The van der Waals surface area contributed by atoms with Gasteiger partial charge in [0.05, 0.1) is 0 Å². The van der Waals surface area contributed by atoms with Gasteiger partial charge in [0.15, 0.2) is 0 Å². The third kappa shape index (κ3) is 2.11. The van der Waals surface area contributed by atoms with Crippen LogP contribution in [0.5, 0.6) is 0 Å². The van der Waals surface area contributed by atoms with Crippen LogP contribution in [-0.4, -0.2) is 18.0 Å². The summed E-state index contributed by atoms with van der Waals surface area (Å²) in [7, 11) is 0. The molecular formula is C13H19FN2. The summed E-state index contributed by atoms with van der Waals surface area (Å²) >= 11 is 0. The fourth-order valence-electron chi connectivity index (χ4n) is 2.48. The number of fused-ring (bicyclic) bond motifs is 1. The molecule has 1 aromatic carbocycles. The van der Waals surface area contributed by atoms with Gasteiger partial charge in [-0.05, 0) is 29.2 Å². The summed E-state index contributed by atoms with van der Waals surface area (Å²) in [5, 5.41) is 0. The van der Waals surface area contributed by atoms with Crippen molar-refractivity contribution >= 4 is 0 Å². The summed E-state index contributed by atoms with van der Waals surface area (Å²) in [5.41, 5.74) is 8.09. The quantitative estimate of drug-likeness (QED) is 0.850. The standard InChI is InChI=1S/C13H19FN2/c1-9(2)7-16-8-10-3-4-11(14)5-12(10)13(16)6-15/h3-5,9,13H,6-8,15H2,1-2H3. The number of hydrogen-bond donors (Lipinski definition) is 1. The largest absolute Gasteiger partial charge is 0.329 e. The van der Waals surface area contributed by atoms with Crippen LogP contribution in [0.1, 0.15) is 31.0 Å². The molecule has 1 atom stereocenters. The van der Waals surface area contributed by atoms with Gasteiger partial charge in [0.2, 0.25) is 0 Å². The van der Waals surface area contributed by atoms with Crippen LogP contribution in [0.4, 0.5) is 4.39 Å². The van der Waals surface area contributed by atoms with Crippen molar-refractivity contribution in [2.45, 2.75) is 26.4 Å². The molecule has 0 aliphatic carbocycles. The van der Waals surface area contributed by atoms with Crippen LogP contribution < -0.4 is 5.73 Å². The lowest BCUT2D eigenvalue weighted by Gasteiger charge is -2.25. The van der Waals surface area contributed by atoms with Crippen LogP contribution in [0, 0.1) is 11.7 Å². The van der Waals surface area contributed by atoms with Crippen molar-refractivity contribution in [3.63, 3.8) is 0 Å². The van der Waals surface area contributed by atoms with Crippen molar-refractivity contribution in [1.29, 1.82) is 0 Å². The minimum Gasteiger partial charge on any atom is -0.329 e. The average Bonchev–Trinajstić information content (AvgIpc) is 2.53. The molecule has 3 heteroatoms. The molecule has 1 unspecified atom stereocenters. The number of benzene rings is 1. The van der Waals surface area contributed by atoms with E-state index in [-0.39, 0.29) is 11.9 Å². The molecule has 0 spiro atoms. The van der Waals surface area contributed by atoms with Gasteiger partial charge in [-0.15, -0.1) is 0 Å². The molecule has 2 N–H and O–H groups in total. The van der Waals surface area contributed by atoms with Gasteiger partial charge in [0, 0.05) is 25.7 Å². The monoisotopic (exact) mass is 222 g/mol. The van der Waals surface area contributed by atoms with E-state index < -0.39 is 0 Å². The van der Waals surface area contributed by atoms with Gasteiger partial charge >= 0.3 is 0 Å². The topological polar surface area (TPSA) is 29.3 Å². The number of nitrogens with two attached hydrogens (primary N) is 1. The van der Waals surface area contributed by atoms with Crippen LogP contribution in [0.3, 0.4) is 0 Å². The zero-order valence-corrected chi connectivity index (χ0v) is 9.91. The average molecular weight is 222 g/mol. The van der Waals surface area contributed by atoms with Crippen LogP contribution in [0.25, 0.3) is 0 Å². The van der Waals surface area contributed by atoms with E-state index in [0.717, 1.165) is 18.7 Å². The highest BCUT2D eigenvalue weighted by atomic mass is 19.1. The van der Waals surface area contributed by atoms with E-state index in [1.807, 2.05) is 6.07 Å². The molecule has 16 heavy (non-hydrogen) atoms. The van der Waals surface area contributed by atoms with Gasteiger partial charge in [0.25, 0.3) is 0 Å². The summed E-state index contributed by atoms with van der Waals surface area (Å²) in [4.78, 5) is 2.34. The normalized spacial score (nSPS) is 20.4. The van der Waals surface area contributed by atoms with Gasteiger partial charge in [-0.1, -0.05) is 19.9 Å². The van der Waals surface area contributed by atoms with Crippen LogP contribution in [0.2, 0.25) is 0 Å². The van der Waals surface area contributed by atoms with Gasteiger partial charge in [0.1, 0.15) is 5.82 Å². The Morgan fingerprint density at radius 1 is 1.50 bits per heavy atom. The van der Waals surface area contributed by atoms with Gasteiger partial charge in [-0.2, -0.15) is 0 Å². The van der Waals surface area contributed by atoms with Gasteiger partial charge in [-0.3, -0.25) is 4.90 Å². The lowest BCUT2D eigenvalue weighted by Crippen LogP contribution is -2.30. The Bertz CT molecular complexity index is 376. The Balaban J connectivity index is 2.26. The maximum absolute atomic E-state index is 13.2. The van der Waals surface area contributed by atoms with Crippen LogP contribution >= 0.6 is 0 Å². The highest BCUT2D eigenvalue weighted by Crippen LogP contribution is 2.33. The SMILES string of the molecule is CC(C)CN1Cc2ccc(F)cc2C1CN. The number of rotatable bonds is 3. The first-order valence-corrected chi connectivity index (χ1v) is 5.84. The van der Waals surface area contributed by atoms with E-state index in [1.54, 1.807) is 6.07 Å². The zero-order chi connectivity index (χ0) is 11.7. The maximum Gasteiger partial charge on any atom is 0.123 e. The Morgan fingerprint density at radius 2 is 2.25 bits per heavy atom. The molecule has 0 bridgehead atoms. The molecule has 0 fully saturated rings. The molecule has 0 amide bonds. The van der Waals surface area contributed by atoms with Crippen LogP contribution in [0.15, 0.2) is 18.2 Å². The van der Waals surface area contributed by atoms with Crippen molar-refractivity contribution in [1.82, 2.24) is 4.90 Å². The van der Waals surface area contributed by atoms with Crippen molar-refractivity contribution < 1.29 is 4.39 Å². The Hall–Kier alpha value is -0.930. The van der Waals surface area contributed by atoms with Gasteiger partial charge < -0.3 is 5.73 Å². The number of nitrogens with zero attached hydrogens (tertiary/aromatic N) is 1. The molecule has 1 heterocycles. The molecule has 1 aliphatic rings. The molecule has 2 nitrogen and oxygen atoms in total. The molecule has 88 valence electrons. The van der Waals surface area contributed by atoms with Gasteiger partial charge in [-0.25, -0.2) is 4.39 Å². The summed E-state index contributed by atoms with van der Waals surface area (Å²) < 4.78 is 13.2. The Kier molecular flexibility index (Phi) is 3.26. The zero-order valence-electron chi connectivity index (χ0n) is 9.91. The highest BCUT2D eigenvalue weighted by Gasteiger charge is 2.29. The Morgan fingerprint density at radius 3 is 2.88 bits per heavy atom. The fourth-order valence-corrected chi connectivity index (χ4v) is 2.48. The molecule has 0 saturated heterocycles. The molecule has 1 aromatic rings. The minimum atomic E-state index is -0.163. The smallest absolute Gasteiger partial charge is 0.123 e. The predicted molar refractivity (Wildman–Crippen MR) is 63.4 cm³/mol. The molecular weight excluding hydrogens is 203 g/mol. The molecule has 1 aliphatic heterocycles. The second-order valence-electron chi connectivity index (χ2n) is 4.92. The summed E-state index contributed by atoms with van der Waals surface area (Å²) in [6, 6.07) is 5.24. The second kappa shape index (κ2) is 4.52. The number of hydrogen-bond acceptors (Lipinski definition) is 2. The maximum atomic E-state index is 13.2. The molecule has 0 radical (unpaired) electrons. The third-order valence-electron chi connectivity index (χ3n) is 3.10. The molecule has 0 aromatic heterocycles. The number of halogens is 1. The predicted octanol–water partition coefficient (Wildman–Crippen LogP) is 2.30. The molecule has 0 saturated carbocycles. The van der Waals surface area contributed by atoms with Crippen molar-refractivity contribution in [3.8, 4) is 0 Å². The third-order valence-corrected chi connectivity index (χ3v) is 3.10. The van der Waals surface area contributed by atoms with Crippen molar-refractivity contribution in [2.75, 3.05) is 13.1 Å². The second-order valence-corrected chi connectivity index (χ2v) is 4.92. The van der Waals surface area contributed by atoms with E-state index in [2.05, 4.69) is 18.7 Å². The summed E-state index contributed by atoms with van der Waals surface area (Å²) in [6.07, 6.45) is 0. The summed E-state index contributed by atoms with van der Waals surface area (Å²) in [5.74, 6) is 0.441. The van der Waals surface area contributed by atoms with Crippen molar-refractivity contribution in [2.24, 2.45) is 11.7 Å². The van der Waals surface area contributed by atoms with E-state index in [4.69, 9.17) is 5.73 Å². The first-order valence-electron chi connectivity index (χ1n) is 5.84. The fraction of sp³-hybridized carbons (Fsp3) is 0.538. The Labute approximate surface area is 96.2 Å². The van der Waals surface area contributed by atoms with E-state index >= 15 is 0 Å². The first kappa shape index (κ1) is 11.6. The van der Waals surface area contributed by atoms with E-state index in [1.165, 1.54) is 11.6 Å². The highest BCUT2D eigenvalue weighted by molar-refractivity contribution is 5.34. The molecule has 2 rings (SSSR count). The lowest BCUT2D eigenvalue weighted by atomic mass is 10.0. The first-order chi connectivity index (χ1) is 7.61. The van der Waals surface area contributed by atoms with E-state index in [0.29, 0.717) is 12.5 Å². The van der Waals surface area contributed by atoms with Crippen LogP contribution in [-0.2, 0) is 6.54 Å². The van der Waals surface area contributed by atoms with E-state index in [9.17, 15) is 4.39 Å². The minimum absolute atomic E-state index is 0.163. The summed E-state index contributed by atoms with van der Waals surface area (Å²) in [6.45, 7) is 6.85.